The van der Waals surface area contributed by atoms with Crippen molar-refractivity contribution in [3.63, 3.8) is 0 Å². The summed E-state index contributed by atoms with van der Waals surface area (Å²) in [5.41, 5.74) is -0.126. The third-order valence-corrected chi connectivity index (χ3v) is 3.82. The molecule has 2 aromatic rings. The summed E-state index contributed by atoms with van der Waals surface area (Å²) >= 11 is 0. The molecule has 0 unspecified atom stereocenters. The largest absolute Gasteiger partial charge is 0.497 e. The molecular weight excluding hydrogens is 397 g/mol. The highest BCUT2D eigenvalue weighted by Crippen LogP contribution is 2.26. The third kappa shape index (κ3) is 7.42. The van der Waals surface area contributed by atoms with Crippen LogP contribution in [0.3, 0.4) is 0 Å². The number of hydrogen-bond donors (Lipinski definition) is 0. The van der Waals surface area contributed by atoms with Gasteiger partial charge in [0.05, 0.1) is 12.8 Å². The van der Waals surface area contributed by atoms with Crippen molar-refractivity contribution in [1.82, 2.24) is 4.90 Å². The van der Waals surface area contributed by atoms with Crippen molar-refractivity contribution >= 4 is 17.5 Å². The van der Waals surface area contributed by atoms with Gasteiger partial charge in [0.15, 0.2) is 0 Å². The van der Waals surface area contributed by atoms with E-state index in [4.69, 9.17) is 9.47 Å². The van der Waals surface area contributed by atoms with Crippen molar-refractivity contribution in [2.24, 2.45) is 4.99 Å². The van der Waals surface area contributed by atoms with E-state index >= 15 is 0 Å². The number of hydrogen-bond acceptors (Lipinski definition) is 4. The lowest BCUT2D eigenvalue weighted by atomic mass is 10.2. The highest BCUT2D eigenvalue weighted by Gasteiger charge is 2.41. The first-order chi connectivity index (χ1) is 14.0. The maximum atomic E-state index is 13.9. The number of ether oxygens (including phenoxy) is 2. The minimum Gasteiger partial charge on any atom is -0.497 e. The monoisotopic (exact) mass is 422 g/mol. The molecular formula is C22H25F3N2O3. The second-order valence-corrected chi connectivity index (χ2v) is 7.56. The summed E-state index contributed by atoms with van der Waals surface area (Å²) in [4.78, 5) is 17.0. The fourth-order valence-electron chi connectivity index (χ4n) is 2.63. The number of halogens is 3. The minimum absolute atomic E-state index is 0.0883. The van der Waals surface area contributed by atoms with E-state index in [9.17, 15) is 18.0 Å². The van der Waals surface area contributed by atoms with Gasteiger partial charge in [0.25, 0.3) is 0 Å². The van der Waals surface area contributed by atoms with Gasteiger partial charge in [-0.05, 0) is 50.6 Å². The number of amidine groups is 1. The molecule has 2 aromatic carbocycles. The SMILES string of the molecule is COc1ccc(N=C(N(CC(=O)OC(C)(C)C)Cc2ccccc2)C(F)(F)F)cc1. The van der Waals surface area contributed by atoms with E-state index < -0.39 is 30.1 Å². The molecule has 162 valence electrons. The number of esters is 1. The van der Waals surface area contributed by atoms with Gasteiger partial charge in [0, 0.05) is 6.54 Å². The van der Waals surface area contributed by atoms with Crippen LogP contribution in [0.25, 0.3) is 0 Å². The lowest BCUT2D eigenvalue weighted by Gasteiger charge is -2.28. The lowest BCUT2D eigenvalue weighted by molar-refractivity contribution is -0.155. The van der Waals surface area contributed by atoms with Gasteiger partial charge in [0.1, 0.15) is 17.9 Å². The molecule has 0 heterocycles. The molecule has 0 aliphatic heterocycles. The number of carbonyl (C=O) groups is 1. The molecule has 2 rings (SSSR count). The Hall–Kier alpha value is -3.03. The van der Waals surface area contributed by atoms with E-state index in [2.05, 4.69) is 4.99 Å². The number of methoxy groups -OCH3 is 1. The Labute approximate surface area is 174 Å². The zero-order valence-electron chi connectivity index (χ0n) is 17.4. The van der Waals surface area contributed by atoms with Crippen LogP contribution in [0.4, 0.5) is 18.9 Å². The number of aliphatic imine (C=N–C) groups is 1. The summed E-state index contributed by atoms with van der Waals surface area (Å²) in [5, 5.41) is 0. The number of carbonyl (C=O) groups excluding carboxylic acids is 1. The fourth-order valence-corrected chi connectivity index (χ4v) is 2.63. The standard InChI is InChI=1S/C22H25F3N2O3/c1-21(2,3)30-19(28)15-27(14-16-8-6-5-7-9-16)20(22(23,24)25)26-17-10-12-18(29-4)13-11-17/h5-13H,14-15H2,1-4H3. The predicted molar refractivity (Wildman–Crippen MR) is 109 cm³/mol. The van der Waals surface area contributed by atoms with Gasteiger partial charge in [-0.3, -0.25) is 4.79 Å². The van der Waals surface area contributed by atoms with Crippen LogP contribution in [0.2, 0.25) is 0 Å². The fraction of sp³-hybridized carbons (Fsp3) is 0.364. The van der Waals surface area contributed by atoms with Crippen LogP contribution in [0.5, 0.6) is 5.75 Å². The van der Waals surface area contributed by atoms with Crippen molar-refractivity contribution in [3.8, 4) is 5.75 Å². The number of rotatable bonds is 6. The lowest BCUT2D eigenvalue weighted by Crippen LogP contribution is -2.44. The van der Waals surface area contributed by atoms with Crippen molar-refractivity contribution in [3.05, 3.63) is 60.2 Å². The van der Waals surface area contributed by atoms with Gasteiger partial charge >= 0.3 is 12.1 Å². The molecule has 5 nitrogen and oxygen atoms in total. The number of benzene rings is 2. The van der Waals surface area contributed by atoms with Gasteiger partial charge in [0.2, 0.25) is 5.84 Å². The first-order valence-corrected chi connectivity index (χ1v) is 9.28. The zero-order chi connectivity index (χ0) is 22.4. The van der Waals surface area contributed by atoms with Crippen LogP contribution < -0.4 is 4.74 Å². The third-order valence-electron chi connectivity index (χ3n) is 3.82. The second kappa shape index (κ2) is 9.65. The van der Waals surface area contributed by atoms with Gasteiger partial charge < -0.3 is 14.4 Å². The molecule has 0 bridgehead atoms. The van der Waals surface area contributed by atoms with Crippen LogP contribution in [0, 0.1) is 0 Å². The molecule has 8 heteroatoms. The molecule has 0 fully saturated rings. The molecule has 0 atom stereocenters. The smallest absolute Gasteiger partial charge is 0.449 e. The van der Waals surface area contributed by atoms with Crippen molar-refractivity contribution < 1.29 is 27.4 Å². The summed E-state index contributed by atoms with van der Waals surface area (Å²) in [5.74, 6) is -1.45. The normalized spacial score (nSPS) is 12.4. The predicted octanol–water partition coefficient (Wildman–Crippen LogP) is 5.13. The Bertz CT molecular complexity index is 858. The summed E-state index contributed by atoms with van der Waals surface area (Å²) in [6.45, 7) is 4.21. The van der Waals surface area contributed by atoms with Crippen LogP contribution >= 0.6 is 0 Å². The van der Waals surface area contributed by atoms with E-state index in [1.165, 1.54) is 31.4 Å². The van der Waals surface area contributed by atoms with E-state index in [0.717, 1.165) is 4.90 Å². The van der Waals surface area contributed by atoms with Gasteiger partial charge in [-0.1, -0.05) is 30.3 Å². The quantitative estimate of drug-likeness (QED) is 0.368. The van der Waals surface area contributed by atoms with Gasteiger partial charge in [-0.15, -0.1) is 0 Å². The molecule has 0 spiro atoms. The summed E-state index contributed by atoms with van der Waals surface area (Å²) in [6, 6.07) is 14.4. The highest BCUT2D eigenvalue weighted by molar-refractivity contribution is 5.92. The van der Waals surface area contributed by atoms with Crippen molar-refractivity contribution in [2.45, 2.75) is 39.1 Å². The van der Waals surface area contributed by atoms with Gasteiger partial charge in [-0.25, -0.2) is 4.99 Å². The molecule has 0 aliphatic rings. The number of nitrogens with zero attached hydrogens (tertiary/aromatic N) is 2. The average molecular weight is 422 g/mol. The highest BCUT2D eigenvalue weighted by atomic mass is 19.4. The van der Waals surface area contributed by atoms with E-state index in [1.807, 2.05) is 0 Å². The Balaban J connectivity index is 2.42. The average Bonchev–Trinajstić information content (AvgIpc) is 2.64. The molecule has 30 heavy (non-hydrogen) atoms. The van der Waals surface area contributed by atoms with E-state index in [1.54, 1.807) is 51.1 Å². The second-order valence-electron chi connectivity index (χ2n) is 7.56. The number of alkyl halides is 3. The van der Waals surface area contributed by atoms with Crippen LogP contribution in [-0.4, -0.2) is 42.1 Å². The summed E-state index contributed by atoms with van der Waals surface area (Å²) < 4.78 is 52.1. The van der Waals surface area contributed by atoms with Crippen LogP contribution in [0.1, 0.15) is 26.3 Å². The molecule has 0 aliphatic carbocycles. The Morgan fingerprint density at radius 3 is 2.10 bits per heavy atom. The van der Waals surface area contributed by atoms with Crippen LogP contribution in [-0.2, 0) is 16.1 Å². The summed E-state index contributed by atoms with van der Waals surface area (Å²) in [6.07, 6.45) is -4.78. The topological polar surface area (TPSA) is 51.1 Å². The summed E-state index contributed by atoms with van der Waals surface area (Å²) in [7, 11) is 1.46. The molecule has 0 aromatic heterocycles. The van der Waals surface area contributed by atoms with Crippen LogP contribution in [0.15, 0.2) is 59.6 Å². The maximum Gasteiger partial charge on any atom is 0.449 e. The van der Waals surface area contributed by atoms with Gasteiger partial charge in [-0.2, -0.15) is 13.2 Å². The minimum atomic E-state index is -4.78. The van der Waals surface area contributed by atoms with E-state index in [-0.39, 0.29) is 12.2 Å². The Kier molecular flexibility index (Phi) is 7.48. The van der Waals surface area contributed by atoms with E-state index in [0.29, 0.717) is 11.3 Å². The Morgan fingerprint density at radius 1 is 1.00 bits per heavy atom. The zero-order valence-corrected chi connectivity index (χ0v) is 17.4. The first kappa shape index (κ1) is 23.3. The first-order valence-electron chi connectivity index (χ1n) is 9.28. The Morgan fingerprint density at radius 2 is 1.60 bits per heavy atom. The molecule has 0 saturated carbocycles. The van der Waals surface area contributed by atoms with Crippen molar-refractivity contribution in [1.29, 1.82) is 0 Å². The maximum absolute atomic E-state index is 13.9. The molecule has 0 radical (unpaired) electrons. The molecule has 0 saturated heterocycles. The molecule has 0 amide bonds. The molecule has 0 N–H and O–H groups in total. The van der Waals surface area contributed by atoms with Crippen molar-refractivity contribution in [2.75, 3.05) is 13.7 Å².